The van der Waals surface area contributed by atoms with E-state index < -0.39 is 39.0 Å². The van der Waals surface area contributed by atoms with Crippen molar-refractivity contribution in [1.29, 1.82) is 0 Å². The van der Waals surface area contributed by atoms with Crippen LogP contribution in [0.25, 0.3) is 0 Å². The number of unbranched alkanes of at least 4 members (excludes halogenated alkanes) is 1. The van der Waals surface area contributed by atoms with Gasteiger partial charge in [-0.25, -0.2) is 0 Å². The second kappa shape index (κ2) is 10.0. The Kier molecular flexibility index (Phi) is 8.81. The highest BCUT2D eigenvalue weighted by Crippen LogP contribution is 2.34. The topological polar surface area (TPSA) is 196 Å². The van der Waals surface area contributed by atoms with Crippen LogP contribution in [0, 0.1) is 20.2 Å². The Morgan fingerprint density at radius 3 is 2.00 bits per heavy atom. The van der Waals surface area contributed by atoms with Gasteiger partial charge in [-0.05, 0) is 25.5 Å². The number of nitro benzene ring substituents is 2. The van der Waals surface area contributed by atoms with Gasteiger partial charge in [0.05, 0.1) is 9.85 Å². The second-order valence-corrected chi connectivity index (χ2v) is 4.39. The van der Waals surface area contributed by atoms with E-state index in [0.29, 0.717) is 13.0 Å². The lowest BCUT2D eigenvalue weighted by Crippen LogP contribution is -2.29. The zero-order valence-electron chi connectivity index (χ0n) is 12.1. The number of carbonyl (C=O) groups is 1. The molecule has 0 aliphatic carbocycles. The van der Waals surface area contributed by atoms with Gasteiger partial charge in [-0.3, -0.25) is 25.0 Å². The van der Waals surface area contributed by atoms with E-state index in [4.69, 9.17) is 21.7 Å². The Labute approximate surface area is 130 Å². The fraction of sp³-hybridized carbons (Fsp3) is 0.417. The summed E-state index contributed by atoms with van der Waals surface area (Å²) in [6.07, 6.45) is 2.16. The van der Waals surface area contributed by atoms with Gasteiger partial charge in [-0.15, -0.1) is 0 Å². The first kappa shape index (κ1) is 20.2. The highest BCUT2D eigenvalue weighted by Gasteiger charge is 2.23. The molecular weight excluding hydrogens is 312 g/mol. The van der Waals surface area contributed by atoms with Crippen molar-refractivity contribution in [3.8, 4) is 5.75 Å². The van der Waals surface area contributed by atoms with Crippen LogP contribution in [-0.2, 0) is 4.79 Å². The van der Waals surface area contributed by atoms with Crippen molar-refractivity contribution in [2.24, 2.45) is 11.5 Å². The summed E-state index contributed by atoms with van der Waals surface area (Å²) in [5.41, 5.74) is 9.08. The van der Waals surface area contributed by atoms with Crippen LogP contribution >= 0.6 is 0 Å². The van der Waals surface area contributed by atoms with Gasteiger partial charge in [0.1, 0.15) is 6.04 Å². The molecule has 0 heterocycles. The maximum atomic E-state index is 10.2. The van der Waals surface area contributed by atoms with E-state index in [9.17, 15) is 25.0 Å². The molecular formula is C12H18N4O7. The number of hydrogen-bond acceptors (Lipinski definition) is 8. The zero-order chi connectivity index (χ0) is 18.0. The van der Waals surface area contributed by atoms with Crippen LogP contribution < -0.4 is 11.5 Å². The molecule has 1 aromatic carbocycles. The Morgan fingerprint density at radius 1 is 1.17 bits per heavy atom. The summed E-state index contributed by atoms with van der Waals surface area (Å²) in [5, 5.41) is 37.8. The quantitative estimate of drug-likeness (QED) is 0.316. The van der Waals surface area contributed by atoms with Crippen LogP contribution in [0.4, 0.5) is 11.4 Å². The molecule has 11 heteroatoms. The van der Waals surface area contributed by atoms with Gasteiger partial charge in [0, 0.05) is 12.1 Å². The van der Waals surface area contributed by atoms with E-state index in [1.165, 1.54) is 0 Å². The number of phenolic OH excluding ortho intramolecular Hbond substituents is 1. The summed E-state index contributed by atoms with van der Waals surface area (Å²) in [6.45, 7) is 0.604. The molecule has 1 atom stereocenters. The van der Waals surface area contributed by atoms with Crippen LogP contribution in [0.5, 0.6) is 5.75 Å². The van der Waals surface area contributed by atoms with Gasteiger partial charge in [0.2, 0.25) is 0 Å². The van der Waals surface area contributed by atoms with E-state index >= 15 is 0 Å². The maximum Gasteiger partial charge on any atom is 0.320 e. The summed E-state index contributed by atoms with van der Waals surface area (Å²) < 4.78 is 0. The van der Waals surface area contributed by atoms with E-state index in [1.54, 1.807) is 0 Å². The fourth-order valence-corrected chi connectivity index (χ4v) is 1.45. The van der Waals surface area contributed by atoms with E-state index in [2.05, 4.69) is 0 Å². The number of para-hydroxylation sites is 1. The minimum Gasteiger partial charge on any atom is -0.497 e. The maximum absolute atomic E-state index is 10.2. The van der Waals surface area contributed by atoms with Gasteiger partial charge >= 0.3 is 17.3 Å². The third-order valence-corrected chi connectivity index (χ3v) is 2.67. The first-order valence-electron chi connectivity index (χ1n) is 6.51. The first-order chi connectivity index (χ1) is 10.7. The van der Waals surface area contributed by atoms with Gasteiger partial charge in [0.25, 0.3) is 5.75 Å². The molecule has 0 fully saturated rings. The fourth-order valence-electron chi connectivity index (χ4n) is 1.45. The largest absolute Gasteiger partial charge is 0.497 e. The van der Waals surface area contributed by atoms with Crippen molar-refractivity contribution in [1.82, 2.24) is 0 Å². The average molecular weight is 330 g/mol. The van der Waals surface area contributed by atoms with Crippen LogP contribution in [-0.4, -0.2) is 38.6 Å². The Hall–Kier alpha value is -2.79. The van der Waals surface area contributed by atoms with Crippen LogP contribution in [0.3, 0.4) is 0 Å². The average Bonchev–Trinajstić information content (AvgIpc) is 2.47. The summed E-state index contributed by atoms with van der Waals surface area (Å²) in [7, 11) is 0. The number of benzene rings is 1. The molecule has 1 rings (SSSR count). The first-order valence-corrected chi connectivity index (χ1v) is 6.51. The van der Waals surface area contributed by atoms with Crippen molar-refractivity contribution in [2.75, 3.05) is 6.54 Å². The van der Waals surface area contributed by atoms with E-state index in [-0.39, 0.29) is 0 Å². The Bertz CT molecular complexity index is 532. The smallest absolute Gasteiger partial charge is 0.320 e. The number of nitrogens with two attached hydrogens (primary N) is 2. The Morgan fingerprint density at radius 2 is 1.65 bits per heavy atom. The van der Waals surface area contributed by atoms with Crippen molar-refractivity contribution < 1.29 is 24.9 Å². The zero-order valence-corrected chi connectivity index (χ0v) is 12.1. The summed E-state index contributed by atoms with van der Waals surface area (Å²) in [5.74, 6) is -1.85. The highest BCUT2D eigenvalue weighted by molar-refractivity contribution is 5.72. The van der Waals surface area contributed by atoms with Crippen LogP contribution in [0.15, 0.2) is 18.2 Å². The van der Waals surface area contributed by atoms with Gasteiger partial charge < -0.3 is 21.7 Å². The third-order valence-electron chi connectivity index (χ3n) is 2.67. The standard InChI is InChI=1S/C6H4N2O5.C6H14N2O2/c9-6-4(7(10)11)2-1-3-5(6)8(12)13;7-4-2-1-3-5(8)6(9)10/h1-3,9H;5H,1-4,7-8H2,(H,9,10). The molecule has 0 bridgehead atoms. The molecule has 6 N–H and O–H groups in total. The number of carboxylic acid groups (broad SMARTS) is 1. The lowest BCUT2D eigenvalue weighted by Gasteiger charge is -2.03. The molecule has 128 valence electrons. The van der Waals surface area contributed by atoms with Crippen LogP contribution in [0.1, 0.15) is 19.3 Å². The normalized spacial score (nSPS) is 11.0. The minimum absolute atomic E-state index is 0.520. The molecule has 0 saturated heterocycles. The summed E-state index contributed by atoms with van der Waals surface area (Å²) >= 11 is 0. The molecule has 0 aromatic heterocycles. The highest BCUT2D eigenvalue weighted by atomic mass is 16.6. The SMILES string of the molecule is NCCCCC(N)C(=O)O.O=[N+]([O-])c1cccc([N+](=O)[O-])c1O. The number of aromatic hydroxyl groups is 1. The number of aliphatic carboxylic acids is 1. The molecule has 1 unspecified atom stereocenters. The molecule has 0 radical (unpaired) electrons. The number of nitro groups is 2. The Balaban J connectivity index is 0.000000438. The predicted molar refractivity (Wildman–Crippen MR) is 79.9 cm³/mol. The molecule has 0 spiro atoms. The molecule has 1 aromatic rings. The number of phenols is 1. The number of nitrogens with zero attached hydrogens (tertiary/aromatic N) is 2. The van der Waals surface area contributed by atoms with Crippen LogP contribution in [0.2, 0.25) is 0 Å². The molecule has 0 aliphatic heterocycles. The summed E-state index contributed by atoms with van der Waals surface area (Å²) in [4.78, 5) is 28.8. The number of rotatable bonds is 7. The van der Waals surface area contributed by atoms with Crippen molar-refractivity contribution in [3.05, 3.63) is 38.4 Å². The second-order valence-electron chi connectivity index (χ2n) is 4.39. The molecule has 11 nitrogen and oxygen atoms in total. The van der Waals surface area contributed by atoms with E-state index in [0.717, 1.165) is 31.0 Å². The third kappa shape index (κ3) is 7.15. The van der Waals surface area contributed by atoms with Crippen molar-refractivity contribution in [3.63, 3.8) is 0 Å². The number of carboxylic acids is 1. The lowest BCUT2D eigenvalue weighted by atomic mass is 10.1. The number of hydrogen-bond donors (Lipinski definition) is 4. The molecule has 0 saturated carbocycles. The predicted octanol–water partition coefficient (Wildman–Crippen LogP) is 0.736. The molecule has 23 heavy (non-hydrogen) atoms. The summed E-state index contributed by atoms with van der Waals surface area (Å²) in [6, 6.07) is 2.40. The van der Waals surface area contributed by atoms with Gasteiger partial charge in [-0.1, -0.05) is 6.42 Å². The van der Waals surface area contributed by atoms with Crippen molar-refractivity contribution in [2.45, 2.75) is 25.3 Å². The monoisotopic (exact) mass is 330 g/mol. The molecule has 0 amide bonds. The van der Waals surface area contributed by atoms with Crippen molar-refractivity contribution >= 4 is 17.3 Å². The van der Waals surface area contributed by atoms with E-state index in [1.807, 2.05) is 0 Å². The minimum atomic E-state index is -0.933. The van der Waals surface area contributed by atoms with Gasteiger partial charge in [-0.2, -0.15) is 0 Å². The van der Waals surface area contributed by atoms with Gasteiger partial charge in [0.15, 0.2) is 0 Å². The molecule has 0 aliphatic rings. The lowest BCUT2D eigenvalue weighted by molar-refractivity contribution is -0.396.